The fraction of sp³-hybridized carbons (Fsp3) is 0.474. The molecule has 1 heterocycles. The first kappa shape index (κ1) is 19.8. The monoisotopic (exact) mass is 408 g/mol. The molecule has 1 aliphatic rings. The predicted octanol–water partition coefficient (Wildman–Crippen LogP) is 3.90. The number of nitrogens with one attached hydrogen (secondary N) is 1. The normalized spacial score (nSPS) is 20.4. The van der Waals surface area contributed by atoms with Crippen LogP contribution in [-0.4, -0.2) is 30.7 Å². The summed E-state index contributed by atoms with van der Waals surface area (Å²) in [5, 5.41) is 4.01. The van der Waals surface area contributed by atoms with Gasteiger partial charge in [-0.3, -0.25) is 4.79 Å². The molecule has 0 aliphatic heterocycles. The number of carbonyl (C=O) groups excluding carboxylic acids is 1. The maximum atomic E-state index is 12.7. The number of rotatable bonds is 6. The highest BCUT2D eigenvalue weighted by Gasteiger charge is 2.36. The fourth-order valence-corrected chi connectivity index (χ4v) is 6.22. The zero-order valence-corrected chi connectivity index (χ0v) is 17.1. The van der Waals surface area contributed by atoms with Gasteiger partial charge >= 0.3 is 0 Å². The van der Waals surface area contributed by atoms with Crippen LogP contribution in [0.2, 0.25) is 0 Å². The Kier molecular flexibility index (Phi) is 6.16. The molecule has 1 aliphatic carbocycles. The van der Waals surface area contributed by atoms with Gasteiger partial charge in [-0.15, -0.1) is 11.3 Å². The minimum atomic E-state index is -3.46. The lowest BCUT2D eigenvalue weighted by Crippen LogP contribution is -2.34. The SMILES string of the molecule is CC(C)Oc1ccc(NC(=O)[C@@H]2CCC[C@@H](S(=O)(=O)c3nccs3)C2)cc1. The van der Waals surface area contributed by atoms with Gasteiger partial charge in [0.15, 0.2) is 0 Å². The summed E-state index contributed by atoms with van der Waals surface area (Å²) < 4.78 is 31.1. The number of aromatic nitrogens is 1. The Morgan fingerprint density at radius 1 is 1.26 bits per heavy atom. The second kappa shape index (κ2) is 8.39. The van der Waals surface area contributed by atoms with E-state index in [2.05, 4.69) is 10.3 Å². The largest absolute Gasteiger partial charge is 0.491 e. The Labute approximate surface area is 163 Å². The lowest BCUT2D eigenvalue weighted by Gasteiger charge is -2.27. The number of nitrogens with zero attached hydrogens (tertiary/aromatic N) is 1. The summed E-state index contributed by atoms with van der Waals surface area (Å²) in [5.74, 6) is 0.298. The van der Waals surface area contributed by atoms with E-state index >= 15 is 0 Å². The molecule has 1 N–H and O–H groups in total. The van der Waals surface area contributed by atoms with E-state index in [9.17, 15) is 13.2 Å². The molecule has 3 rings (SSSR count). The van der Waals surface area contributed by atoms with Crippen LogP contribution in [0, 0.1) is 5.92 Å². The Hall–Kier alpha value is -1.93. The average molecular weight is 409 g/mol. The summed E-state index contributed by atoms with van der Waals surface area (Å²) in [6.45, 7) is 3.91. The van der Waals surface area contributed by atoms with Crippen molar-refractivity contribution in [1.29, 1.82) is 0 Å². The standard InChI is InChI=1S/C19H24N2O4S2/c1-13(2)25-16-8-6-15(7-9-16)21-18(22)14-4-3-5-17(12-14)27(23,24)19-20-10-11-26-19/h6-11,13-14,17H,3-5,12H2,1-2H3,(H,21,22)/t14-,17-/m1/s1. The quantitative estimate of drug-likeness (QED) is 0.783. The van der Waals surface area contributed by atoms with Crippen molar-refractivity contribution in [2.45, 2.75) is 55.2 Å². The lowest BCUT2D eigenvalue weighted by molar-refractivity contribution is -0.120. The van der Waals surface area contributed by atoms with E-state index in [1.165, 1.54) is 6.20 Å². The van der Waals surface area contributed by atoms with Gasteiger partial charge in [-0.2, -0.15) is 0 Å². The number of benzene rings is 1. The van der Waals surface area contributed by atoms with E-state index in [-0.39, 0.29) is 22.3 Å². The first-order chi connectivity index (χ1) is 12.9. The molecule has 1 aromatic heterocycles. The van der Waals surface area contributed by atoms with Crippen LogP contribution in [0.4, 0.5) is 5.69 Å². The van der Waals surface area contributed by atoms with Crippen LogP contribution < -0.4 is 10.1 Å². The van der Waals surface area contributed by atoms with Crippen molar-refractivity contribution in [2.24, 2.45) is 5.92 Å². The van der Waals surface area contributed by atoms with Crippen molar-refractivity contribution in [2.75, 3.05) is 5.32 Å². The van der Waals surface area contributed by atoms with Gasteiger partial charge in [0.2, 0.25) is 20.1 Å². The maximum Gasteiger partial charge on any atom is 0.227 e. The molecule has 1 saturated carbocycles. The highest BCUT2D eigenvalue weighted by molar-refractivity contribution is 7.93. The van der Waals surface area contributed by atoms with Gasteiger partial charge < -0.3 is 10.1 Å². The van der Waals surface area contributed by atoms with E-state index < -0.39 is 15.1 Å². The molecule has 8 heteroatoms. The number of anilines is 1. The molecule has 1 fully saturated rings. The molecule has 1 aromatic carbocycles. The molecule has 0 radical (unpaired) electrons. The van der Waals surface area contributed by atoms with Crippen molar-refractivity contribution in [3.8, 4) is 5.75 Å². The van der Waals surface area contributed by atoms with E-state index in [4.69, 9.17) is 4.74 Å². The molecule has 0 bridgehead atoms. The molecule has 6 nitrogen and oxygen atoms in total. The van der Waals surface area contributed by atoms with Crippen molar-refractivity contribution < 1.29 is 17.9 Å². The first-order valence-corrected chi connectivity index (χ1v) is 11.5. The number of amides is 1. The Bertz CT molecular complexity index is 862. The summed E-state index contributed by atoms with van der Waals surface area (Å²) >= 11 is 1.13. The highest BCUT2D eigenvalue weighted by Crippen LogP contribution is 2.33. The third kappa shape index (κ3) is 4.87. The van der Waals surface area contributed by atoms with Crippen LogP contribution in [0.5, 0.6) is 5.75 Å². The molecular formula is C19H24N2O4S2. The van der Waals surface area contributed by atoms with Gasteiger partial charge in [0.1, 0.15) is 5.75 Å². The van der Waals surface area contributed by atoms with Gasteiger partial charge in [-0.1, -0.05) is 6.42 Å². The van der Waals surface area contributed by atoms with E-state index in [0.29, 0.717) is 31.4 Å². The van der Waals surface area contributed by atoms with Crippen LogP contribution in [0.1, 0.15) is 39.5 Å². The van der Waals surface area contributed by atoms with Gasteiger partial charge in [0.05, 0.1) is 11.4 Å². The summed E-state index contributed by atoms with van der Waals surface area (Å²) in [7, 11) is -3.46. The second-order valence-corrected chi connectivity index (χ2v) is 10.3. The number of thiazole rings is 1. The molecule has 146 valence electrons. The maximum absolute atomic E-state index is 12.7. The molecular weight excluding hydrogens is 384 g/mol. The van der Waals surface area contributed by atoms with E-state index in [0.717, 1.165) is 17.1 Å². The summed E-state index contributed by atoms with van der Waals surface area (Å²) in [6.07, 6.45) is 3.91. The smallest absolute Gasteiger partial charge is 0.227 e. The molecule has 0 unspecified atom stereocenters. The number of hydrogen-bond acceptors (Lipinski definition) is 6. The number of hydrogen-bond donors (Lipinski definition) is 1. The van der Waals surface area contributed by atoms with Gasteiger partial charge in [0, 0.05) is 23.2 Å². The van der Waals surface area contributed by atoms with Crippen LogP contribution in [-0.2, 0) is 14.6 Å². The van der Waals surface area contributed by atoms with Crippen LogP contribution in [0.25, 0.3) is 0 Å². The van der Waals surface area contributed by atoms with Crippen LogP contribution in [0.3, 0.4) is 0 Å². The van der Waals surface area contributed by atoms with Crippen molar-refractivity contribution in [1.82, 2.24) is 4.98 Å². The molecule has 2 atom stereocenters. The van der Waals surface area contributed by atoms with Gasteiger partial charge in [-0.25, -0.2) is 13.4 Å². The molecule has 0 saturated heterocycles. The highest BCUT2D eigenvalue weighted by atomic mass is 32.2. The number of sulfone groups is 1. The minimum Gasteiger partial charge on any atom is -0.491 e. The van der Waals surface area contributed by atoms with E-state index in [1.807, 2.05) is 26.0 Å². The lowest BCUT2D eigenvalue weighted by atomic mass is 9.88. The fourth-order valence-electron chi connectivity index (χ4n) is 3.29. The predicted molar refractivity (Wildman–Crippen MR) is 106 cm³/mol. The van der Waals surface area contributed by atoms with Crippen molar-refractivity contribution in [3.05, 3.63) is 35.8 Å². The van der Waals surface area contributed by atoms with Crippen LogP contribution in [0.15, 0.2) is 40.2 Å². The average Bonchev–Trinajstić information content (AvgIpc) is 3.18. The summed E-state index contributed by atoms with van der Waals surface area (Å²) in [5.41, 5.74) is 0.681. The van der Waals surface area contributed by atoms with Crippen molar-refractivity contribution >= 4 is 32.8 Å². The Morgan fingerprint density at radius 3 is 2.63 bits per heavy atom. The third-order valence-electron chi connectivity index (χ3n) is 4.58. The van der Waals surface area contributed by atoms with Crippen LogP contribution >= 0.6 is 11.3 Å². The summed E-state index contributed by atoms with van der Waals surface area (Å²) in [4.78, 5) is 16.6. The van der Waals surface area contributed by atoms with Gasteiger partial charge in [-0.05, 0) is 57.4 Å². The Balaban J connectivity index is 1.63. The van der Waals surface area contributed by atoms with Gasteiger partial charge in [0.25, 0.3) is 0 Å². The first-order valence-electron chi connectivity index (χ1n) is 9.07. The molecule has 27 heavy (non-hydrogen) atoms. The molecule has 1 amide bonds. The number of carbonyl (C=O) groups is 1. The minimum absolute atomic E-state index is 0.0874. The third-order valence-corrected chi connectivity index (χ3v) is 8.03. The Morgan fingerprint density at radius 2 is 2.00 bits per heavy atom. The topological polar surface area (TPSA) is 85.4 Å². The summed E-state index contributed by atoms with van der Waals surface area (Å²) in [6, 6.07) is 7.21. The molecule has 0 spiro atoms. The molecule has 2 aromatic rings. The second-order valence-electron chi connectivity index (χ2n) is 7.01. The number of ether oxygens (including phenoxy) is 1. The zero-order valence-electron chi connectivity index (χ0n) is 15.4. The van der Waals surface area contributed by atoms with Crippen molar-refractivity contribution in [3.63, 3.8) is 0 Å². The zero-order chi connectivity index (χ0) is 19.4. The van der Waals surface area contributed by atoms with E-state index in [1.54, 1.807) is 17.5 Å².